The van der Waals surface area contributed by atoms with Gasteiger partial charge in [0.15, 0.2) is 0 Å². The van der Waals surface area contributed by atoms with Crippen LogP contribution in [0.3, 0.4) is 0 Å². The first kappa shape index (κ1) is 8.46. The van der Waals surface area contributed by atoms with E-state index in [1.54, 1.807) is 24.9 Å². The molecule has 0 N–H and O–H groups in total. The topological polar surface area (TPSA) is 30.7 Å². The number of aromatic nitrogens is 3. The molecule has 3 heteroatoms. The fraction of sp³-hybridized carbons (Fsp3) is 0.111. The molecule has 12 heavy (non-hydrogen) atoms. The maximum Gasteiger partial charge on any atom is 0.0943 e. The Kier molecular flexibility index (Phi) is 3.57. The Labute approximate surface area is 71.7 Å². The first-order chi connectivity index (χ1) is 5.89. The minimum atomic E-state index is 1.75. The van der Waals surface area contributed by atoms with Gasteiger partial charge < -0.3 is 4.57 Å². The van der Waals surface area contributed by atoms with Gasteiger partial charge in [0.05, 0.1) is 6.33 Å². The van der Waals surface area contributed by atoms with Crippen molar-refractivity contribution in [2.24, 2.45) is 7.05 Å². The fourth-order valence-electron chi connectivity index (χ4n) is 0.638. The molecule has 0 spiro atoms. The van der Waals surface area contributed by atoms with Crippen molar-refractivity contribution in [3.63, 3.8) is 0 Å². The van der Waals surface area contributed by atoms with Crippen molar-refractivity contribution in [1.82, 2.24) is 14.5 Å². The Morgan fingerprint density at radius 3 is 1.83 bits per heavy atom. The molecule has 0 atom stereocenters. The summed E-state index contributed by atoms with van der Waals surface area (Å²) in [6.45, 7) is 0. The molecule has 0 aliphatic rings. The average molecular weight is 161 g/mol. The molecule has 0 amide bonds. The lowest BCUT2D eigenvalue weighted by atomic mass is 10.5. The Morgan fingerprint density at radius 1 is 0.917 bits per heavy atom. The van der Waals surface area contributed by atoms with E-state index in [0.29, 0.717) is 0 Å². The molecule has 0 bridgehead atoms. The molecule has 0 aliphatic heterocycles. The van der Waals surface area contributed by atoms with E-state index in [9.17, 15) is 0 Å². The summed E-state index contributed by atoms with van der Waals surface area (Å²) in [5.41, 5.74) is 0. The summed E-state index contributed by atoms with van der Waals surface area (Å²) in [5, 5.41) is 0. The van der Waals surface area contributed by atoms with Gasteiger partial charge in [0, 0.05) is 31.8 Å². The van der Waals surface area contributed by atoms with Gasteiger partial charge in [0.25, 0.3) is 0 Å². The van der Waals surface area contributed by atoms with Crippen LogP contribution in [0.1, 0.15) is 0 Å². The first-order valence-electron chi connectivity index (χ1n) is 3.66. The van der Waals surface area contributed by atoms with Gasteiger partial charge in [-0.3, -0.25) is 4.98 Å². The van der Waals surface area contributed by atoms with Crippen LogP contribution in [0.5, 0.6) is 0 Å². The zero-order valence-corrected chi connectivity index (χ0v) is 6.96. The molecular weight excluding hydrogens is 150 g/mol. The van der Waals surface area contributed by atoms with E-state index in [-0.39, 0.29) is 0 Å². The number of rotatable bonds is 0. The lowest BCUT2D eigenvalue weighted by Gasteiger charge is -1.76. The van der Waals surface area contributed by atoms with Crippen molar-refractivity contribution in [3.05, 3.63) is 49.3 Å². The second-order valence-electron chi connectivity index (χ2n) is 2.25. The smallest absolute Gasteiger partial charge is 0.0943 e. The molecular formula is C9H11N3. The van der Waals surface area contributed by atoms with Crippen LogP contribution >= 0.6 is 0 Å². The maximum absolute atomic E-state index is 3.78. The predicted molar refractivity (Wildman–Crippen MR) is 47.4 cm³/mol. The summed E-state index contributed by atoms with van der Waals surface area (Å²) in [5.74, 6) is 0. The predicted octanol–water partition coefficient (Wildman–Crippen LogP) is 1.50. The van der Waals surface area contributed by atoms with Crippen LogP contribution in [0.4, 0.5) is 0 Å². The molecule has 0 saturated carbocycles. The van der Waals surface area contributed by atoms with E-state index >= 15 is 0 Å². The molecule has 0 fully saturated rings. The molecule has 3 nitrogen and oxygen atoms in total. The van der Waals surface area contributed by atoms with Crippen LogP contribution in [0.15, 0.2) is 49.3 Å². The average Bonchev–Trinajstić information content (AvgIpc) is 2.60. The molecule has 0 saturated heterocycles. The van der Waals surface area contributed by atoms with E-state index in [1.807, 2.05) is 36.0 Å². The Balaban J connectivity index is 0.000000120. The van der Waals surface area contributed by atoms with Gasteiger partial charge in [0.1, 0.15) is 0 Å². The molecule has 2 heterocycles. The second-order valence-corrected chi connectivity index (χ2v) is 2.25. The highest BCUT2D eigenvalue weighted by molar-refractivity contribution is 4.88. The number of pyridine rings is 1. The third kappa shape index (κ3) is 3.51. The normalized spacial score (nSPS) is 8.42. The van der Waals surface area contributed by atoms with Gasteiger partial charge in [-0.05, 0) is 12.1 Å². The Hall–Kier alpha value is -1.64. The molecule has 0 radical (unpaired) electrons. The summed E-state index contributed by atoms with van der Waals surface area (Å²) in [6.07, 6.45) is 8.89. The monoisotopic (exact) mass is 161 g/mol. The third-order valence-corrected chi connectivity index (χ3v) is 1.20. The van der Waals surface area contributed by atoms with Crippen molar-refractivity contribution in [3.8, 4) is 0 Å². The van der Waals surface area contributed by atoms with Crippen molar-refractivity contribution in [1.29, 1.82) is 0 Å². The van der Waals surface area contributed by atoms with E-state index in [2.05, 4.69) is 9.97 Å². The van der Waals surface area contributed by atoms with E-state index < -0.39 is 0 Å². The van der Waals surface area contributed by atoms with Crippen molar-refractivity contribution in [2.45, 2.75) is 0 Å². The highest BCUT2D eigenvalue weighted by atomic mass is 15.0. The highest BCUT2D eigenvalue weighted by Gasteiger charge is 1.69. The highest BCUT2D eigenvalue weighted by Crippen LogP contribution is 1.74. The fourth-order valence-corrected chi connectivity index (χ4v) is 0.638. The minimum Gasteiger partial charge on any atom is -0.341 e. The quantitative estimate of drug-likeness (QED) is 0.586. The summed E-state index contributed by atoms with van der Waals surface area (Å²) < 4.78 is 1.89. The number of aryl methyl sites for hydroxylation is 1. The molecule has 0 unspecified atom stereocenters. The van der Waals surface area contributed by atoms with Crippen LogP contribution in [-0.4, -0.2) is 14.5 Å². The van der Waals surface area contributed by atoms with Gasteiger partial charge in [-0.25, -0.2) is 4.98 Å². The van der Waals surface area contributed by atoms with Gasteiger partial charge >= 0.3 is 0 Å². The third-order valence-electron chi connectivity index (χ3n) is 1.20. The zero-order valence-electron chi connectivity index (χ0n) is 6.96. The lowest BCUT2D eigenvalue weighted by Crippen LogP contribution is -1.76. The summed E-state index contributed by atoms with van der Waals surface area (Å²) in [7, 11) is 1.94. The van der Waals surface area contributed by atoms with Crippen LogP contribution in [-0.2, 0) is 7.05 Å². The van der Waals surface area contributed by atoms with Gasteiger partial charge in [-0.15, -0.1) is 0 Å². The molecule has 62 valence electrons. The minimum absolute atomic E-state index is 1.75. The molecule has 2 aromatic heterocycles. The Bertz CT molecular complexity index is 249. The van der Waals surface area contributed by atoms with Crippen molar-refractivity contribution < 1.29 is 0 Å². The van der Waals surface area contributed by atoms with Crippen LogP contribution in [0.2, 0.25) is 0 Å². The van der Waals surface area contributed by atoms with Crippen LogP contribution < -0.4 is 0 Å². The number of nitrogens with zero attached hydrogens (tertiary/aromatic N) is 3. The molecule has 0 aliphatic carbocycles. The molecule has 2 aromatic rings. The SMILES string of the molecule is Cn1ccnc1.c1ccncc1. The van der Waals surface area contributed by atoms with E-state index in [0.717, 1.165) is 0 Å². The largest absolute Gasteiger partial charge is 0.341 e. The van der Waals surface area contributed by atoms with Crippen LogP contribution in [0, 0.1) is 0 Å². The maximum atomic E-state index is 3.78. The van der Waals surface area contributed by atoms with E-state index in [1.165, 1.54) is 0 Å². The summed E-state index contributed by atoms with van der Waals surface area (Å²) in [6, 6.07) is 5.72. The molecule has 2 rings (SSSR count). The number of imidazole rings is 1. The van der Waals surface area contributed by atoms with Crippen molar-refractivity contribution >= 4 is 0 Å². The van der Waals surface area contributed by atoms with Gasteiger partial charge in [-0.2, -0.15) is 0 Å². The number of hydrogen-bond donors (Lipinski definition) is 0. The van der Waals surface area contributed by atoms with Crippen LogP contribution in [0.25, 0.3) is 0 Å². The van der Waals surface area contributed by atoms with Crippen molar-refractivity contribution in [2.75, 3.05) is 0 Å². The lowest BCUT2D eigenvalue weighted by molar-refractivity contribution is 0.913. The van der Waals surface area contributed by atoms with Gasteiger partial charge in [0.2, 0.25) is 0 Å². The standard InChI is InChI=1S/C5H5N.C4H6N2/c1-2-4-6-5-3-1;1-6-3-2-5-4-6/h1-5H;2-4H,1H3. The van der Waals surface area contributed by atoms with E-state index in [4.69, 9.17) is 0 Å². The summed E-state index contributed by atoms with van der Waals surface area (Å²) in [4.78, 5) is 7.57. The zero-order chi connectivity index (χ0) is 8.65. The Morgan fingerprint density at radius 2 is 1.67 bits per heavy atom. The van der Waals surface area contributed by atoms with Gasteiger partial charge in [-0.1, -0.05) is 6.07 Å². The molecule has 0 aromatic carbocycles. The number of hydrogen-bond acceptors (Lipinski definition) is 2. The first-order valence-corrected chi connectivity index (χ1v) is 3.66. The second kappa shape index (κ2) is 5.07. The summed E-state index contributed by atoms with van der Waals surface area (Å²) >= 11 is 0.